The molecular weight excluding hydrogens is 421 g/mol. The molecule has 0 bridgehead atoms. The second-order valence-corrected chi connectivity index (χ2v) is 7.99. The number of hydrogen-bond donors (Lipinski definition) is 0. The Balaban J connectivity index is 1.80. The van der Waals surface area contributed by atoms with Gasteiger partial charge in [-0.3, -0.25) is 14.7 Å². The number of rotatable bonds is 5. The van der Waals surface area contributed by atoms with Gasteiger partial charge in [0.25, 0.3) is 5.91 Å². The van der Waals surface area contributed by atoms with Gasteiger partial charge in [-0.1, -0.05) is 55.2 Å². The number of amidine groups is 1. The predicted molar refractivity (Wildman–Crippen MR) is 123 cm³/mol. The molecule has 156 valence electrons. The summed E-state index contributed by atoms with van der Waals surface area (Å²) in [5, 5.41) is 7.42. The number of hydrogen-bond acceptors (Lipinski definition) is 5. The summed E-state index contributed by atoms with van der Waals surface area (Å²) in [6.07, 6.45) is 0. The second-order valence-electron chi connectivity index (χ2n) is 7.15. The van der Waals surface area contributed by atoms with Crippen LogP contribution in [0.2, 0.25) is 10.0 Å². The van der Waals surface area contributed by atoms with E-state index in [2.05, 4.69) is 23.8 Å². The first-order valence-electron chi connectivity index (χ1n) is 9.98. The van der Waals surface area contributed by atoms with Gasteiger partial charge in [-0.2, -0.15) is 5.10 Å². The van der Waals surface area contributed by atoms with Crippen molar-refractivity contribution < 1.29 is 4.79 Å². The first-order valence-corrected chi connectivity index (χ1v) is 10.7. The van der Waals surface area contributed by atoms with Crippen molar-refractivity contribution in [2.45, 2.75) is 13.8 Å². The summed E-state index contributed by atoms with van der Waals surface area (Å²) in [5.41, 5.74) is 3.27. The molecule has 0 atom stereocenters. The van der Waals surface area contributed by atoms with Crippen LogP contribution in [0.4, 0.5) is 5.69 Å². The Morgan fingerprint density at radius 1 is 1.07 bits per heavy atom. The van der Waals surface area contributed by atoms with Gasteiger partial charge in [-0.05, 0) is 37.4 Å². The van der Waals surface area contributed by atoms with Gasteiger partial charge < -0.3 is 4.90 Å². The van der Waals surface area contributed by atoms with Crippen LogP contribution >= 0.6 is 23.2 Å². The third-order valence-corrected chi connectivity index (χ3v) is 5.93. The average molecular weight is 444 g/mol. The zero-order valence-corrected chi connectivity index (χ0v) is 18.5. The van der Waals surface area contributed by atoms with E-state index in [1.54, 1.807) is 5.01 Å². The highest BCUT2D eigenvalue weighted by Gasteiger charge is 2.32. The molecule has 0 radical (unpaired) electrons. The van der Waals surface area contributed by atoms with E-state index >= 15 is 0 Å². The zero-order chi connectivity index (χ0) is 21.3. The number of hydrazone groups is 1. The summed E-state index contributed by atoms with van der Waals surface area (Å²) >= 11 is 12.8. The van der Waals surface area contributed by atoms with Gasteiger partial charge in [0.05, 0.1) is 24.6 Å². The minimum atomic E-state index is -0.0484. The van der Waals surface area contributed by atoms with Crippen molar-refractivity contribution in [2.24, 2.45) is 10.1 Å². The SMILES string of the molecule is CCN(CC)CN1N=C2CN=C(c3ccccc3Cl)c3cc(Cl)ccc3N2CC1=O. The molecule has 0 fully saturated rings. The summed E-state index contributed by atoms with van der Waals surface area (Å²) in [6.45, 7) is 6.87. The second kappa shape index (κ2) is 8.76. The van der Waals surface area contributed by atoms with Gasteiger partial charge in [0.1, 0.15) is 6.54 Å². The first-order chi connectivity index (χ1) is 14.5. The fourth-order valence-corrected chi connectivity index (χ4v) is 4.07. The summed E-state index contributed by atoms with van der Waals surface area (Å²) in [7, 11) is 0. The average Bonchev–Trinajstić information content (AvgIpc) is 2.89. The molecule has 0 aromatic heterocycles. The van der Waals surface area contributed by atoms with E-state index in [-0.39, 0.29) is 12.5 Å². The van der Waals surface area contributed by atoms with E-state index in [9.17, 15) is 4.79 Å². The molecule has 1 amide bonds. The smallest absolute Gasteiger partial charge is 0.263 e. The van der Waals surface area contributed by atoms with Crippen molar-refractivity contribution in [1.29, 1.82) is 0 Å². The van der Waals surface area contributed by atoms with Gasteiger partial charge in [0.15, 0.2) is 5.84 Å². The van der Waals surface area contributed by atoms with Crippen molar-refractivity contribution >= 4 is 46.3 Å². The molecule has 2 aromatic rings. The number of halogens is 2. The third kappa shape index (κ3) is 3.95. The fourth-order valence-electron chi connectivity index (χ4n) is 3.67. The Hall–Kier alpha value is -2.41. The molecule has 30 heavy (non-hydrogen) atoms. The lowest BCUT2D eigenvalue weighted by Gasteiger charge is -2.34. The van der Waals surface area contributed by atoms with Crippen LogP contribution in [0.3, 0.4) is 0 Å². The third-order valence-electron chi connectivity index (χ3n) is 5.37. The topological polar surface area (TPSA) is 51.5 Å². The van der Waals surface area contributed by atoms with Gasteiger partial charge in [-0.25, -0.2) is 5.01 Å². The molecule has 8 heteroatoms. The lowest BCUT2D eigenvalue weighted by Crippen LogP contribution is -2.51. The molecule has 2 aliphatic rings. The zero-order valence-electron chi connectivity index (χ0n) is 17.0. The summed E-state index contributed by atoms with van der Waals surface area (Å²) < 4.78 is 0. The van der Waals surface area contributed by atoms with E-state index in [1.807, 2.05) is 47.4 Å². The maximum Gasteiger partial charge on any atom is 0.263 e. The molecule has 2 heterocycles. The van der Waals surface area contributed by atoms with Crippen molar-refractivity contribution in [3.8, 4) is 0 Å². The first kappa shape index (κ1) is 20.8. The van der Waals surface area contributed by atoms with Crippen LogP contribution in [-0.2, 0) is 4.79 Å². The lowest BCUT2D eigenvalue weighted by atomic mass is 10.00. The maximum atomic E-state index is 12.9. The monoisotopic (exact) mass is 443 g/mol. The van der Waals surface area contributed by atoms with Crippen molar-refractivity contribution in [2.75, 3.05) is 37.7 Å². The van der Waals surface area contributed by atoms with Crippen LogP contribution in [0.5, 0.6) is 0 Å². The molecular formula is C22H23Cl2N5O. The number of carbonyl (C=O) groups is 1. The number of benzene rings is 2. The Kier molecular flexibility index (Phi) is 6.09. The highest BCUT2D eigenvalue weighted by atomic mass is 35.5. The standard InChI is InChI=1S/C22H23Cl2N5O/c1-3-27(4-2)14-29-21(30)13-28-19-10-9-15(23)11-17(19)22(25-12-20(28)26-29)16-7-5-6-8-18(16)24/h5-11H,3-4,12-14H2,1-2H3. The summed E-state index contributed by atoms with van der Waals surface area (Å²) in [6, 6.07) is 13.2. The molecule has 0 unspecified atom stereocenters. The van der Waals surface area contributed by atoms with Gasteiger partial charge in [0, 0.05) is 21.2 Å². The molecule has 0 saturated heterocycles. The molecule has 0 aliphatic carbocycles. The summed E-state index contributed by atoms with van der Waals surface area (Å²) in [4.78, 5) is 21.8. The number of anilines is 1. The number of nitrogens with zero attached hydrogens (tertiary/aromatic N) is 5. The Bertz CT molecular complexity index is 1030. The van der Waals surface area contributed by atoms with E-state index in [1.165, 1.54) is 0 Å². The Morgan fingerprint density at radius 3 is 2.57 bits per heavy atom. The minimum absolute atomic E-state index is 0.0484. The van der Waals surface area contributed by atoms with Crippen molar-refractivity contribution in [3.63, 3.8) is 0 Å². The van der Waals surface area contributed by atoms with Crippen LogP contribution in [0.15, 0.2) is 52.6 Å². The molecule has 2 aromatic carbocycles. The van der Waals surface area contributed by atoms with Gasteiger partial charge in [0.2, 0.25) is 0 Å². The van der Waals surface area contributed by atoms with Crippen LogP contribution in [0.1, 0.15) is 25.0 Å². The van der Waals surface area contributed by atoms with Crippen LogP contribution in [-0.4, -0.2) is 60.2 Å². The van der Waals surface area contributed by atoms with Gasteiger partial charge in [-0.15, -0.1) is 0 Å². The fraction of sp³-hybridized carbons (Fsp3) is 0.318. The Morgan fingerprint density at radius 2 is 1.83 bits per heavy atom. The van der Waals surface area contributed by atoms with Crippen LogP contribution in [0.25, 0.3) is 0 Å². The number of amides is 1. The quantitative estimate of drug-likeness (QED) is 0.698. The lowest BCUT2D eigenvalue weighted by molar-refractivity contribution is -0.132. The largest absolute Gasteiger partial charge is 0.317 e. The molecule has 0 saturated carbocycles. The van der Waals surface area contributed by atoms with E-state index in [0.717, 1.165) is 41.5 Å². The van der Waals surface area contributed by atoms with E-state index in [0.29, 0.717) is 23.3 Å². The van der Waals surface area contributed by atoms with Gasteiger partial charge >= 0.3 is 0 Å². The summed E-state index contributed by atoms with van der Waals surface area (Å²) in [5.74, 6) is 0.681. The normalized spacial score (nSPS) is 16.1. The maximum absolute atomic E-state index is 12.9. The highest BCUT2D eigenvalue weighted by molar-refractivity contribution is 6.37. The van der Waals surface area contributed by atoms with Crippen molar-refractivity contribution in [3.05, 3.63) is 63.6 Å². The molecule has 0 N–H and O–H groups in total. The van der Waals surface area contributed by atoms with E-state index in [4.69, 9.17) is 28.2 Å². The van der Waals surface area contributed by atoms with E-state index < -0.39 is 0 Å². The number of fused-ring (bicyclic) bond motifs is 3. The van der Waals surface area contributed by atoms with Crippen molar-refractivity contribution in [1.82, 2.24) is 9.91 Å². The van der Waals surface area contributed by atoms with Crippen LogP contribution < -0.4 is 4.90 Å². The molecule has 0 spiro atoms. The highest BCUT2D eigenvalue weighted by Crippen LogP contribution is 2.32. The number of aliphatic imine (C=N–C) groups is 1. The molecule has 4 rings (SSSR count). The minimum Gasteiger partial charge on any atom is -0.317 e. The molecule has 6 nitrogen and oxygen atoms in total. The van der Waals surface area contributed by atoms with Crippen LogP contribution in [0, 0.1) is 0 Å². The number of carbonyl (C=O) groups excluding carboxylic acids is 1. The Labute approximate surface area is 186 Å². The molecule has 2 aliphatic heterocycles. The predicted octanol–water partition coefficient (Wildman–Crippen LogP) is 4.11.